The van der Waals surface area contributed by atoms with Crippen molar-refractivity contribution in [1.82, 2.24) is 4.72 Å². The standard InChI is InChI=1S/C4H11NO4S/c1-4(2-6)3-9-10(7,8)5-4/h5-8H,2-3H2,1H3. The highest BCUT2D eigenvalue weighted by Gasteiger charge is 2.40. The maximum absolute atomic E-state index is 8.86. The van der Waals surface area contributed by atoms with Crippen LogP contribution in [0, 0.1) is 0 Å². The molecule has 0 spiro atoms. The molecule has 0 radical (unpaired) electrons. The van der Waals surface area contributed by atoms with Crippen LogP contribution in [0.1, 0.15) is 6.92 Å². The summed E-state index contributed by atoms with van der Waals surface area (Å²) in [6, 6.07) is 0. The Kier molecular flexibility index (Phi) is 1.92. The average Bonchev–Trinajstić information content (AvgIpc) is 2.08. The fourth-order valence-corrected chi connectivity index (χ4v) is 1.92. The van der Waals surface area contributed by atoms with E-state index in [1.54, 1.807) is 6.92 Å². The molecule has 0 amide bonds. The number of aliphatic hydroxyl groups excluding tert-OH is 1. The Morgan fingerprint density at radius 2 is 2.30 bits per heavy atom. The van der Waals surface area contributed by atoms with Crippen molar-refractivity contribution < 1.29 is 18.4 Å². The lowest BCUT2D eigenvalue weighted by Crippen LogP contribution is -2.42. The van der Waals surface area contributed by atoms with Crippen LogP contribution in [0.25, 0.3) is 0 Å². The van der Waals surface area contributed by atoms with Gasteiger partial charge in [0, 0.05) is 0 Å². The van der Waals surface area contributed by atoms with Gasteiger partial charge in [0.2, 0.25) is 0 Å². The lowest BCUT2D eigenvalue weighted by Gasteiger charge is -2.23. The molecule has 0 saturated carbocycles. The first-order valence-electron chi connectivity index (χ1n) is 2.80. The summed E-state index contributed by atoms with van der Waals surface area (Å²) in [4.78, 5) is 0. The Balaban J connectivity index is 2.57. The van der Waals surface area contributed by atoms with Crippen LogP contribution in [0.5, 0.6) is 0 Å². The first kappa shape index (κ1) is 8.25. The van der Waals surface area contributed by atoms with Crippen molar-refractivity contribution in [2.45, 2.75) is 12.5 Å². The molecule has 6 heteroatoms. The highest BCUT2D eigenvalue weighted by molar-refractivity contribution is 8.18. The summed E-state index contributed by atoms with van der Waals surface area (Å²) in [5.41, 5.74) is -0.709. The number of rotatable bonds is 1. The molecular formula is C4H11NO4S. The number of nitrogens with one attached hydrogen (secondary N) is 1. The second-order valence-corrected chi connectivity index (χ2v) is 4.01. The predicted octanol–water partition coefficient (Wildman–Crippen LogP) is -0.0622. The van der Waals surface area contributed by atoms with Crippen LogP contribution < -0.4 is 4.72 Å². The van der Waals surface area contributed by atoms with E-state index in [-0.39, 0.29) is 13.2 Å². The van der Waals surface area contributed by atoms with Crippen molar-refractivity contribution in [3.63, 3.8) is 0 Å². The van der Waals surface area contributed by atoms with Crippen molar-refractivity contribution in [3.8, 4) is 0 Å². The van der Waals surface area contributed by atoms with Crippen LogP contribution in [-0.2, 0) is 4.18 Å². The zero-order valence-electron chi connectivity index (χ0n) is 5.57. The van der Waals surface area contributed by atoms with E-state index in [1.807, 2.05) is 0 Å². The molecule has 1 aliphatic rings. The molecule has 1 unspecified atom stereocenters. The van der Waals surface area contributed by atoms with Gasteiger partial charge in [-0.25, -0.2) is 4.72 Å². The number of aliphatic hydroxyl groups is 1. The van der Waals surface area contributed by atoms with Gasteiger partial charge >= 0.3 is 0 Å². The van der Waals surface area contributed by atoms with E-state index in [4.69, 9.17) is 14.2 Å². The Hall–Kier alpha value is 0.150. The van der Waals surface area contributed by atoms with Gasteiger partial charge in [-0.3, -0.25) is 13.3 Å². The van der Waals surface area contributed by atoms with Crippen molar-refractivity contribution in [3.05, 3.63) is 0 Å². The van der Waals surface area contributed by atoms with Crippen molar-refractivity contribution in [2.24, 2.45) is 0 Å². The molecule has 4 N–H and O–H groups in total. The van der Waals surface area contributed by atoms with E-state index in [2.05, 4.69) is 8.91 Å². The summed E-state index contributed by atoms with van der Waals surface area (Å²) < 4.78 is 24.7. The van der Waals surface area contributed by atoms with E-state index < -0.39 is 16.6 Å². The quantitative estimate of drug-likeness (QED) is 0.442. The normalized spacial score (nSPS) is 41.6. The molecular weight excluding hydrogens is 158 g/mol. The minimum absolute atomic E-state index is 0.117. The first-order valence-corrected chi connectivity index (χ1v) is 4.27. The highest BCUT2D eigenvalue weighted by atomic mass is 32.3. The van der Waals surface area contributed by atoms with Crippen molar-refractivity contribution >= 4 is 11.1 Å². The molecule has 1 aliphatic heterocycles. The SMILES string of the molecule is CC1(CO)COS(O)(O)N1. The van der Waals surface area contributed by atoms with Gasteiger partial charge in [0.1, 0.15) is 0 Å². The molecule has 0 aromatic rings. The van der Waals surface area contributed by atoms with E-state index in [0.717, 1.165) is 0 Å². The first-order chi connectivity index (χ1) is 4.47. The molecule has 1 fully saturated rings. The van der Waals surface area contributed by atoms with E-state index >= 15 is 0 Å². The minimum atomic E-state index is -3.08. The maximum Gasteiger partial charge on any atom is 0.155 e. The molecule has 5 nitrogen and oxygen atoms in total. The summed E-state index contributed by atoms with van der Waals surface area (Å²) in [6.45, 7) is 1.59. The summed E-state index contributed by atoms with van der Waals surface area (Å²) in [5, 5.41) is 8.71. The van der Waals surface area contributed by atoms with E-state index in [9.17, 15) is 0 Å². The lowest BCUT2D eigenvalue weighted by molar-refractivity contribution is 0.168. The third-order valence-corrected chi connectivity index (χ3v) is 2.48. The molecule has 0 aromatic carbocycles. The summed E-state index contributed by atoms with van der Waals surface area (Å²) in [7, 11) is 0. The van der Waals surface area contributed by atoms with Gasteiger partial charge < -0.3 is 5.11 Å². The Bertz CT molecular complexity index is 141. The molecule has 1 saturated heterocycles. The van der Waals surface area contributed by atoms with Crippen LogP contribution in [0.15, 0.2) is 0 Å². The molecule has 1 rings (SSSR count). The lowest BCUT2D eigenvalue weighted by atomic mass is 10.1. The smallest absolute Gasteiger partial charge is 0.155 e. The predicted molar refractivity (Wildman–Crippen MR) is 37.4 cm³/mol. The van der Waals surface area contributed by atoms with Gasteiger partial charge in [-0.05, 0) is 6.92 Å². The van der Waals surface area contributed by atoms with Crippen LogP contribution in [-0.4, -0.2) is 33.0 Å². The largest absolute Gasteiger partial charge is 0.394 e. The Morgan fingerprint density at radius 1 is 1.70 bits per heavy atom. The zero-order chi connectivity index (χ0) is 7.83. The van der Waals surface area contributed by atoms with Crippen LogP contribution in [0.2, 0.25) is 0 Å². The molecule has 10 heavy (non-hydrogen) atoms. The van der Waals surface area contributed by atoms with Gasteiger partial charge in [-0.15, -0.1) is 0 Å². The molecule has 62 valence electrons. The van der Waals surface area contributed by atoms with E-state index in [1.165, 1.54) is 0 Å². The van der Waals surface area contributed by atoms with E-state index in [0.29, 0.717) is 0 Å². The van der Waals surface area contributed by atoms with Crippen LogP contribution in [0.3, 0.4) is 0 Å². The van der Waals surface area contributed by atoms with Gasteiger partial charge in [-0.1, -0.05) is 0 Å². The van der Waals surface area contributed by atoms with Gasteiger partial charge in [0.05, 0.1) is 18.8 Å². The topological polar surface area (TPSA) is 82.0 Å². The number of hydrogen-bond donors (Lipinski definition) is 4. The third kappa shape index (κ3) is 1.60. The van der Waals surface area contributed by atoms with Crippen molar-refractivity contribution in [1.29, 1.82) is 0 Å². The second kappa shape index (κ2) is 2.33. The maximum atomic E-state index is 8.86. The molecule has 1 atom stereocenters. The van der Waals surface area contributed by atoms with Crippen LogP contribution in [0.4, 0.5) is 0 Å². The summed E-state index contributed by atoms with van der Waals surface area (Å²) >= 11 is -3.08. The Labute approximate surface area is 60.7 Å². The van der Waals surface area contributed by atoms with Gasteiger partial charge in [-0.2, -0.15) is 0 Å². The number of hydrogen-bond acceptors (Lipinski definition) is 5. The molecule has 0 aromatic heterocycles. The van der Waals surface area contributed by atoms with Crippen LogP contribution >= 0.6 is 11.1 Å². The Morgan fingerprint density at radius 3 is 2.50 bits per heavy atom. The fraction of sp³-hybridized carbons (Fsp3) is 1.00. The molecule has 1 heterocycles. The fourth-order valence-electron chi connectivity index (χ4n) is 0.670. The average molecular weight is 169 g/mol. The van der Waals surface area contributed by atoms with Gasteiger partial charge in [0.15, 0.2) is 11.1 Å². The third-order valence-electron chi connectivity index (χ3n) is 1.27. The summed E-state index contributed by atoms with van der Waals surface area (Å²) in [5.74, 6) is 0. The molecule has 0 aliphatic carbocycles. The van der Waals surface area contributed by atoms with Crippen molar-refractivity contribution in [2.75, 3.05) is 13.2 Å². The van der Waals surface area contributed by atoms with Gasteiger partial charge in [0.25, 0.3) is 0 Å². The monoisotopic (exact) mass is 169 g/mol. The second-order valence-electron chi connectivity index (χ2n) is 2.58. The molecule has 0 bridgehead atoms. The minimum Gasteiger partial charge on any atom is -0.394 e. The zero-order valence-corrected chi connectivity index (χ0v) is 6.39. The highest BCUT2D eigenvalue weighted by Crippen LogP contribution is 2.43. The summed E-state index contributed by atoms with van der Waals surface area (Å²) in [6.07, 6.45) is 0.